The van der Waals surface area contributed by atoms with Gasteiger partial charge in [-0.2, -0.15) is 0 Å². The van der Waals surface area contributed by atoms with Crippen LogP contribution in [0.2, 0.25) is 0 Å². The minimum atomic E-state index is 0.145. The van der Waals surface area contributed by atoms with Crippen LogP contribution in [0.15, 0.2) is 30.5 Å². The van der Waals surface area contributed by atoms with Crippen LogP contribution in [0.3, 0.4) is 0 Å². The third-order valence-corrected chi connectivity index (χ3v) is 2.18. The molecule has 1 heterocycles. The van der Waals surface area contributed by atoms with Gasteiger partial charge in [-0.3, -0.25) is 9.78 Å². The lowest BCUT2D eigenvalue weighted by atomic mass is 10.1. The summed E-state index contributed by atoms with van der Waals surface area (Å²) in [6.07, 6.45) is 2.51. The molecular weight excluding hydrogens is 202 g/mol. The predicted molar refractivity (Wildman–Crippen MR) is 62.9 cm³/mol. The van der Waals surface area contributed by atoms with Gasteiger partial charge in [-0.25, -0.2) is 0 Å². The average Bonchev–Trinajstić information content (AvgIpc) is 2.27. The lowest BCUT2D eigenvalue weighted by Gasteiger charge is -2.09. The molecule has 0 unspecified atom stereocenters. The Labute approximate surface area is 94.1 Å². The number of fused-ring (bicyclic) bond motifs is 1. The smallest absolute Gasteiger partial charge is 0.151 e. The molecule has 16 heavy (non-hydrogen) atoms. The number of aldehydes is 1. The quantitative estimate of drug-likeness (QED) is 0.739. The number of carbonyl (C=O) groups is 1. The predicted octanol–water partition coefficient (Wildman–Crippen LogP) is 2.83. The van der Waals surface area contributed by atoms with Gasteiger partial charge in [0.25, 0.3) is 0 Å². The molecule has 1 aromatic heterocycles. The number of carbonyl (C=O) groups excluding carboxylic acids is 1. The van der Waals surface area contributed by atoms with Crippen molar-refractivity contribution in [2.75, 3.05) is 0 Å². The van der Waals surface area contributed by atoms with Crippen LogP contribution in [-0.4, -0.2) is 17.4 Å². The molecular formula is C13H13NO2. The summed E-state index contributed by atoms with van der Waals surface area (Å²) >= 11 is 0. The molecule has 0 aliphatic heterocycles. The van der Waals surface area contributed by atoms with Gasteiger partial charge in [-0.05, 0) is 32.0 Å². The highest BCUT2D eigenvalue weighted by atomic mass is 16.5. The van der Waals surface area contributed by atoms with Crippen molar-refractivity contribution in [3.8, 4) is 5.75 Å². The summed E-state index contributed by atoms with van der Waals surface area (Å²) in [6, 6.07) is 7.49. The van der Waals surface area contributed by atoms with Gasteiger partial charge in [-0.1, -0.05) is 0 Å². The second kappa shape index (κ2) is 4.31. The largest absolute Gasteiger partial charge is 0.491 e. The summed E-state index contributed by atoms with van der Waals surface area (Å²) in [5.74, 6) is 0.800. The van der Waals surface area contributed by atoms with E-state index in [0.29, 0.717) is 5.56 Å². The van der Waals surface area contributed by atoms with E-state index in [1.54, 1.807) is 6.20 Å². The molecule has 0 aliphatic carbocycles. The van der Waals surface area contributed by atoms with Crippen molar-refractivity contribution in [2.45, 2.75) is 20.0 Å². The van der Waals surface area contributed by atoms with Gasteiger partial charge in [0.1, 0.15) is 5.75 Å². The maximum absolute atomic E-state index is 10.6. The van der Waals surface area contributed by atoms with Crippen LogP contribution in [0.1, 0.15) is 24.2 Å². The molecule has 3 nitrogen and oxygen atoms in total. The van der Waals surface area contributed by atoms with Crippen LogP contribution < -0.4 is 4.74 Å². The standard InChI is InChI=1S/C13H13NO2/c1-9(2)16-12-4-3-11-5-10(8-15)7-14-13(11)6-12/h3-9H,1-2H3. The molecule has 0 saturated heterocycles. The molecule has 0 radical (unpaired) electrons. The number of aromatic nitrogens is 1. The van der Waals surface area contributed by atoms with Gasteiger partial charge in [-0.15, -0.1) is 0 Å². The van der Waals surface area contributed by atoms with E-state index in [0.717, 1.165) is 22.9 Å². The highest BCUT2D eigenvalue weighted by Gasteiger charge is 2.01. The number of hydrogen-bond donors (Lipinski definition) is 0. The molecule has 2 aromatic rings. The van der Waals surface area contributed by atoms with Crippen molar-refractivity contribution in [1.82, 2.24) is 4.98 Å². The van der Waals surface area contributed by atoms with Crippen molar-refractivity contribution in [2.24, 2.45) is 0 Å². The second-order valence-electron chi connectivity index (χ2n) is 3.91. The Hall–Kier alpha value is -1.90. The molecule has 82 valence electrons. The van der Waals surface area contributed by atoms with Crippen LogP contribution in [0.25, 0.3) is 10.9 Å². The lowest BCUT2D eigenvalue weighted by molar-refractivity contribution is 0.112. The van der Waals surface area contributed by atoms with Gasteiger partial charge in [0.05, 0.1) is 11.6 Å². The summed E-state index contributed by atoms with van der Waals surface area (Å²) in [7, 11) is 0. The summed E-state index contributed by atoms with van der Waals surface area (Å²) < 4.78 is 5.57. The van der Waals surface area contributed by atoms with Crippen molar-refractivity contribution in [3.05, 3.63) is 36.0 Å². The minimum Gasteiger partial charge on any atom is -0.491 e. The van der Waals surface area contributed by atoms with E-state index in [2.05, 4.69) is 4.98 Å². The zero-order valence-corrected chi connectivity index (χ0v) is 9.31. The van der Waals surface area contributed by atoms with Gasteiger partial charge in [0, 0.05) is 23.2 Å². The monoisotopic (exact) mass is 215 g/mol. The van der Waals surface area contributed by atoms with Crippen LogP contribution in [0, 0.1) is 0 Å². The van der Waals surface area contributed by atoms with Crippen LogP contribution in [-0.2, 0) is 0 Å². The molecule has 2 rings (SSSR count). The maximum atomic E-state index is 10.6. The first-order valence-electron chi connectivity index (χ1n) is 5.20. The van der Waals surface area contributed by atoms with Crippen LogP contribution in [0.5, 0.6) is 5.75 Å². The van der Waals surface area contributed by atoms with E-state index in [4.69, 9.17) is 4.74 Å². The van der Waals surface area contributed by atoms with Gasteiger partial charge in [0.15, 0.2) is 6.29 Å². The lowest BCUT2D eigenvalue weighted by Crippen LogP contribution is -2.05. The Kier molecular flexibility index (Phi) is 2.86. The Morgan fingerprint density at radius 1 is 1.31 bits per heavy atom. The van der Waals surface area contributed by atoms with E-state index in [1.165, 1.54) is 0 Å². The summed E-state index contributed by atoms with van der Waals surface area (Å²) in [4.78, 5) is 14.8. The van der Waals surface area contributed by atoms with E-state index in [-0.39, 0.29) is 6.10 Å². The fraction of sp³-hybridized carbons (Fsp3) is 0.231. The van der Waals surface area contributed by atoms with Crippen molar-refractivity contribution in [3.63, 3.8) is 0 Å². The minimum absolute atomic E-state index is 0.145. The molecule has 1 aromatic carbocycles. The molecule has 0 saturated carbocycles. The Bertz CT molecular complexity index is 520. The molecule has 0 aliphatic rings. The number of hydrogen-bond acceptors (Lipinski definition) is 3. The van der Waals surface area contributed by atoms with E-state index in [1.807, 2.05) is 38.1 Å². The van der Waals surface area contributed by atoms with E-state index in [9.17, 15) is 4.79 Å². The zero-order valence-electron chi connectivity index (χ0n) is 9.31. The average molecular weight is 215 g/mol. The van der Waals surface area contributed by atoms with Crippen molar-refractivity contribution in [1.29, 1.82) is 0 Å². The van der Waals surface area contributed by atoms with Crippen molar-refractivity contribution < 1.29 is 9.53 Å². The number of benzene rings is 1. The molecule has 0 N–H and O–H groups in total. The number of rotatable bonds is 3. The first-order chi connectivity index (χ1) is 7.69. The van der Waals surface area contributed by atoms with E-state index >= 15 is 0 Å². The van der Waals surface area contributed by atoms with Crippen LogP contribution >= 0.6 is 0 Å². The molecule has 3 heteroatoms. The fourth-order valence-corrected chi connectivity index (χ4v) is 1.53. The zero-order chi connectivity index (χ0) is 11.5. The maximum Gasteiger partial charge on any atom is 0.151 e. The molecule has 0 spiro atoms. The van der Waals surface area contributed by atoms with E-state index < -0.39 is 0 Å². The van der Waals surface area contributed by atoms with Crippen molar-refractivity contribution >= 4 is 17.2 Å². The van der Waals surface area contributed by atoms with Crippen LogP contribution in [0.4, 0.5) is 0 Å². The molecule has 0 amide bonds. The third-order valence-electron chi connectivity index (χ3n) is 2.18. The second-order valence-corrected chi connectivity index (χ2v) is 3.91. The summed E-state index contributed by atoms with van der Waals surface area (Å²) in [5, 5.41) is 0.945. The number of pyridine rings is 1. The third kappa shape index (κ3) is 2.19. The van der Waals surface area contributed by atoms with Gasteiger partial charge >= 0.3 is 0 Å². The summed E-state index contributed by atoms with van der Waals surface area (Å²) in [5.41, 5.74) is 1.42. The Morgan fingerprint density at radius 3 is 2.81 bits per heavy atom. The topological polar surface area (TPSA) is 39.2 Å². The SMILES string of the molecule is CC(C)Oc1ccc2cc(C=O)cnc2c1. The Morgan fingerprint density at radius 2 is 2.12 bits per heavy atom. The normalized spacial score (nSPS) is 10.7. The highest BCUT2D eigenvalue weighted by molar-refractivity contribution is 5.86. The first kappa shape index (κ1) is 10.6. The Balaban J connectivity index is 2.43. The molecule has 0 bridgehead atoms. The molecule has 0 atom stereocenters. The van der Waals surface area contributed by atoms with Gasteiger partial charge < -0.3 is 4.74 Å². The first-order valence-corrected chi connectivity index (χ1v) is 5.20. The van der Waals surface area contributed by atoms with Gasteiger partial charge in [0.2, 0.25) is 0 Å². The number of ether oxygens (including phenoxy) is 1. The molecule has 0 fully saturated rings. The fourth-order valence-electron chi connectivity index (χ4n) is 1.53. The number of nitrogens with zero attached hydrogens (tertiary/aromatic N) is 1. The summed E-state index contributed by atoms with van der Waals surface area (Å²) in [6.45, 7) is 3.96. The highest BCUT2D eigenvalue weighted by Crippen LogP contribution is 2.20.